The van der Waals surface area contributed by atoms with E-state index in [1.807, 2.05) is 13.0 Å². The van der Waals surface area contributed by atoms with Gasteiger partial charge in [0, 0.05) is 12.2 Å². The maximum Gasteiger partial charge on any atom is 0.342 e. The Labute approximate surface area is 235 Å². The number of aromatic nitrogens is 4. The average molecular weight is 593 g/mol. The molecule has 3 rings (SSSR count). The molecule has 0 fully saturated rings. The van der Waals surface area contributed by atoms with Crippen molar-refractivity contribution in [3.8, 4) is 5.75 Å². The van der Waals surface area contributed by atoms with Gasteiger partial charge in [0.25, 0.3) is 0 Å². The molecule has 15 nitrogen and oxygen atoms in total. The summed E-state index contributed by atoms with van der Waals surface area (Å²) in [5.74, 6) is -2.36. The molecule has 3 atom stereocenters. The number of nitrogen functional groups attached to an aromatic ring is 1. The topological polar surface area (TPSA) is 218 Å². The fraction of sp³-hybridized carbons (Fsp3) is 0.360. The van der Waals surface area contributed by atoms with E-state index in [1.165, 1.54) is 6.33 Å². The van der Waals surface area contributed by atoms with Gasteiger partial charge in [-0.25, -0.2) is 29.6 Å². The molecule has 1 aromatic carbocycles. The van der Waals surface area contributed by atoms with Gasteiger partial charge in [-0.3, -0.25) is 9.36 Å². The first-order valence-corrected chi connectivity index (χ1v) is 14.1. The van der Waals surface area contributed by atoms with Crippen molar-refractivity contribution in [2.75, 3.05) is 12.1 Å². The van der Waals surface area contributed by atoms with Gasteiger partial charge >= 0.3 is 25.4 Å². The Morgan fingerprint density at radius 1 is 1.05 bits per heavy atom. The second-order valence-corrected chi connectivity index (χ2v) is 10.9. The first-order chi connectivity index (χ1) is 19.3. The van der Waals surface area contributed by atoms with Gasteiger partial charge in [-0.2, -0.15) is 0 Å². The van der Waals surface area contributed by atoms with E-state index in [4.69, 9.17) is 29.9 Å². The van der Waals surface area contributed by atoms with Gasteiger partial charge in [0.05, 0.1) is 25.1 Å². The maximum absolute atomic E-state index is 13.6. The van der Waals surface area contributed by atoms with Crippen LogP contribution in [0.4, 0.5) is 5.82 Å². The molecular formula is C25H33N6O9P. The molecule has 0 aliphatic carbocycles. The molecule has 16 heteroatoms. The number of imidazole rings is 1. The minimum absolute atomic E-state index is 0.272. The first kappa shape index (κ1) is 32.9. The molecule has 0 radical (unpaired) electrons. The summed E-state index contributed by atoms with van der Waals surface area (Å²) in [6.45, 7) is 7.25. The minimum Gasteiger partial charge on any atom is -0.478 e. The Bertz CT molecular complexity index is 1380. The van der Waals surface area contributed by atoms with E-state index in [9.17, 15) is 18.9 Å². The summed E-state index contributed by atoms with van der Waals surface area (Å²) in [6.07, 6.45) is 3.13. The van der Waals surface area contributed by atoms with Gasteiger partial charge in [0.1, 0.15) is 30.0 Å². The number of rotatable bonds is 13. The van der Waals surface area contributed by atoms with Crippen molar-refractivity contribution in [3.05, 3.63) is 55.1 Å². The number of hydrogen-bond acceptors (Lipinski definition) is 11. The largest absolute Gasteiger partial charge is 0.478 e. The number of fused-ring (bicyclic) bond motifs is 1. The summed E-state index contributed by atoms with van der Waals surface area (Å²) in [6, 6.07) is 7.83. The number of esters is 1. The molecule has 3 aromatic rings. The van der Waals surface area contributed by atoms with Crippen LogP contribution in [-0.2, 0) is 35.0 Å². The molecule has 0 spiro atoms. The highest BCUT2D eigenvalue weighted by Crippen LogP contribution is 2.44. The van der Waals surface area contributed by atoms with Gasteiger partial charge in [0.2, 0.25) is 0 Å². The molecule has 5 N–H and O–H groups in total. The number of benzene rings is 1. The van der Waals surface area contributed by atoms with Crippen LogP contribution in [0.1, 0.15) is 27.7 Å². The summed E-state index contributed by atoms with van der Waals surface area (Å²) in [7, 11) is -3.64. The highest BCUT2D eigenvalue weighted by molar-refractivity contribution is 7.57. The van der Waals surface area contributed by atoms with Crippen molar-refractivity contribution in [1.29, 1.82) is 0 Å². The van der Waals surface area contributed by atoms with Crippen LogP contribution >= 0.6 is 7.52 Å². The Balaban J connectivity index is 0.000000642. The molecule has 2 heterocycles. The Hall–Kier alpha value is -4.33. The van der Waals surface area contributed by atoms with Crippen LogP contribution in [0.5, 0.6) is 5.75 Å². The zero-order chi connectivity index (χ0) is 30.6. The predicted octanol–water partition coefficient (Wildman–Crippen LogP) is 2.68. The monoisotopic (exact) mass is 592 g/mol. The quantitative estimate of drug-likeness (QED) is 0.127. The smallest absolute Gasteiger partial charge is 0.342 e. The van der Waals surface area contributed by atoms with E-state index < -0.39 is 31.5 Å². The fourth-order valence-electron chi connectivity index (χ4n) is 3.15. The summed E-state index contributed by atoms with van der Waals surface area (Å²) in [5, 5.41) is 18.4. The molecule has 0 saturated carbocycles. The molecule has 2 unspecified atom stereocenters. The van der Waals surface area contributed by atoms with Crippen molar-refractivity contribution in [3.63, 3.8) is 0 Å². The van der Waals surface area contributed by atoms with Crippen LogP contribution in [0.2, 0.25) is 0 Å². The lowest BCUT2D eigenvalue weighted by Crippen LogP contribution is -2.37. The number of carboxylic acid groups (broad SMARTS) is 2. The number of carbonyl (C=O) groups excluding carboxylic acids is 1. The molecule has 0 aliphatic rings. The van der Waals surface area contributed by atoms with Gasteiger partial charge in [-0.15, -0.1) is 0 Å². The van der Waals surface area contributed by atoms with Gasteiger partial charge in [0.15, 0.2) is 11.5 Å². The van der Waals surface area contributed by atoms with E-state index >= 15 is 0 Å². The second kappa shape index (κ2) is 15.5. The van der Waals surface area contributed by atoms with Crippen molar-refractivity contribution < 1.29 is 43.2 Å². The number of carbonyl (C=O) groups is 3. The lowest BCUT2D eigenvalue weighted by molar-refractivity contribution is -0.149. The lowest BCUT2D eigenvalue weighted by Gasteiger charge is -2.25. The number of nitrogens with zero attached hydrogens (tertiary/aromatic N) is 4. The number of para-hydroxylation sites is 1. The lowest BCUT2D eigenvalue weighted by atomic mass is 10.3. The van der Waals surface area contributed by atoms with Gasteiger partial charge in [-0.1, -0.05) is 18.2 Å². The summed E-state index contributed by atoms with van der Waals surface area (Å²) in [4.78, 5) is 43.7. The standard InChI is InChI=1S/C21H29N6O5P.C4H4O4/c1-14(2)31-21(28)16(4)26-33(29,32-17-8-6-5-7-9-17)13-30-15(3)10-27-12-25-18-19(22)23-11-24-20(18)27;5-3(6)1-2-4(7)8/h5-9,11-12,14-16H,10,13H2,1-4H3,(H,26,29)(H2,22,23,24);1-2H,(H,5,6)(H,7,8)/t15?,16?,33-;/m0./s1. The minimum atomic E-state index is -3.64. The van der Waals surface area contributed by atoms with Crippen LogP contribution in [0.3, 0.4) is 0 Å². The highest BCUT2D eigenvalue weighted by Gasteiger charge is 2.32. The third-order valence-corrected chi connectivity index (χ3v) is 6.65. The SMILES string of the molecule is CC(C)OC(=O)C(C)N[P@](=O)(COC(C)Cn1cnc2c(N)ncnc21)Oc1ccccc1.O=C(O)C=CC(=O)O. The maximum atomic E-state index is 13.6. The molecule has 2 aromatic heterocycles. The number of aliphatic carboxylic acids is 2. The zero-order valence-electron chi connectivity index (χ0n) is 22.9. The zero-order valence-corrected chi connectivity index (χ0v) is 23.8. The van der Waals surface area contributed by atoms with Gasteiger partial charge in [-0.05, 0) is 39.8 Å². The summed E-state index contributed by atoms with van der Waals surface area (Å²) in [5.41, 5.74) is 6.91. The molecule has 0 amide bonds. The van der Waals surface area contributed by atoms with E-state index in [0.29, 0.717) is 41.4 Å². The number of hydrogen-bond donors (Lipinski definition) is 4. The van der Waals surface area contributed by atoms with E-state index in [2.05, 4.69) is 20.0 Å². The van der Waals surface area contributed by atoms with Crippen molar-refractivity contribution in [1.82, 2.24) is 24.6 Å². The van der Waals surface area contributed by atoms with Gasteiger partial charge < -0.3 is 34.5 Å². The van der Waals surface area contributed by atoms with Crippen molar-refractivity contribution in [2.45, 2.75) is 52.5 Å². The molecule has 41 heavy (non-hydrogen) atoms. The Morgan fingerprint density at radius 3 is 2.27 bits per heavy atom. The Kier molecular flexibility index (Phi) is 12.4. The molecular weight excluding hydrogens is 559 g/mol. The van der Waals surface area contributed by atoms with Crippen LogP contribution in [0, 0.1) is 0 Å². The number of nitrogens with one attached hydrogen (secondary N) is 1. The third kappa shape index (κ3) is 11.4. The molecule has 0 bridgehead atoms. The van der Waals surface area contributed by atoms with Crippen LogP contribution in [0.25, 0.3) is 11.2 Å². The average Bonchev–Trinajstić information content (AvgIpc) is 3.30. The molecule has 0 saturated heterocycles. The third-order valence-electron chi connectivity index (χ3n) is 4.87. The van der Waals surface area contributed by atoms with E-state index in [1.54, 1.807) is 55.9 Å². The van der Waals surface area contributed by atoms with Crippen LogP contribution in [-0.4, -0.2) is 72.2 Å². The fourth-order valence-corrected chi connectivity index (χ4v) is 4.94. The number of anilines is 1. The number of nitrogens with two attached hydrogens (primary N) is 1. The number of carboxylic acids is 2. The van der Waals surface area contributed by atoms with Crippen LogP contribution < -0.4 is 15.3 Å². The Morgan fingerprint density at radius 2 is 1.68 bits per heavy atom. The second-order valence-electron chi connectivity index (χ2n) is 8.86. The predicted molar refractivity (Wildman–Crippen MR) is 148 cm³/mol. The first-order valence-electron chi connectivity index (χ1n) is 12.3. The molecule has 222 valence electrons. The summed E-state index contributed by atoms with van der Waals surface area (Å²) < 4.78 is 32.2. The molecule has 0 aliphatic heterocycles. The van der Waals surface area contributed by atoms with Crippen molar-refractivity contribution >= 4 is 42.4 Å². The van der Waals surface area contributed by atoms with E-state index in [0.717, 1.165) is 0 Å². The highest BCUT2D eigenvalue weighted by atomic mass is 31.2. The number of ether oxygens (including phenoxy) is 2. The normalized spacial score (nSPS) is 14.1. The van der Waals surface area contributed by atoms with Crippen LogP contribution in [0.15, 0.2) is 55.1 Å². The summed E-state index contributed by atoms with van der Waals surface area (Å²) >= 11 is 0. The van der Waals surface area contributed by atoms with Crippen molar-refractivity contribution in [2.24, 2.45) is 0 Å². The van der Waals surface area contributed by atoms with E-state index in [-0.39, 0.29) is 18.6 Å².